The summed E-state index contributed by atoms with van der Waals surface area (Å²) < 4.78 is 69.3. The summed E-state index contributed by atoms with van der Waals surface area (Å²) in [5.74, 6) is -0.897. The van der Waals surface area contributed by atoms with Crippen molar-refractivity contribution in [1.29, 1.82) is 0 Å². The highest BCUT2D eigenvalue weighted by Crippen LogP contribution is 2.37. The molecule has 8 nitrogen and oxygen atoms in total. The maximum Gasteiger partial charge on any atom is 0.422 e. The molecule has 0 aromatic carbocycles. The number of hydrogen-bond acceptors (Lipinski definition) is 7. The summed E-state index contributed by atoms with van der Waals surface area (Å²) in [7, 11) is 0. The largest absolute Gasteiger partial charge is 0.422 e. The van der Waals surface area contributed by atoms with E-state index >= 15 is 0 Å². The Balaban J connectivity index is 1.74. The van der Waals surface area contributed by atoms with Crippen LogP contribution in [0.1, 0.15) is 19.0 Å². The lowest BCUT2D eigenvalue weighted by molar-refractivity contribution is -0.260. The maximum absolute atomic E-state index is 14.5. The smallest absolute Gasteiger partial charge is 0.375 e. The Morgan fingerprint density at radius 3 is 2.68 bits per heavy atom. The fourth-order valence-electron chi connectivity index (χ4n) is 3.21. The molecule has 4 heterocycles. The Labute approximate surface area is 172 Å². The normalized spacial score (nSPS) is 21.8. The summed E-state index contributed by atoms with van der Waals surface area (Å²) in [6.07, 6.45) is -1.80. The number of rotatable bonds is 4. The lowest BCUT2D eigenvalue weighted by Crippen LogP contribution is -2.46. The van der Waals surface area contributed by atoms with Crippen molar-refractivity contribution in [1.82, 2.24) is 29.7 Å². The SMILES string of the molecule is CC(O)(c1cn2c(-c3nc(NC4CNCCC4F)ncc3F)cnc2cn1)C(F)(F)F. The predicted molar refractivity (Wildman–Crippen MR) is 99.4 cm³/mol. The van der Waals surface area contributed by atoms with Gasteiger partial charge in [0, 0.05) is 12.7 Å². The Morgan fingerprint density at radius 2 is 1.97 bits per heavy atom. The molecule has 166 valence electrons. The van der Waals surface area contributed by atoms with Gasteiger partial charge in [-0.2, -0.15) is 13.2 Å². The van der Waals surface area contributed by atoms with E-state index in [0.717, 1.165) is 23.0 Å². The van der Waals surface area contributed by atoms with Gasteiger partial charge in [-0.25, -0.2) is 23.7 Å². The number of halogens is 5. The van der Waals surface area contributed by atoms with Gasteiger partial charge in [0.1, 0.15) is 11.9 Å². The van der Waals surface area contributed by atoms with Crippen LogP contribution >= 0.6 is 0 Å². The maximum atomic E-state index is 14.5. The number of hydrogen-bond donors (Lipinski definition) is 3. The fraction of sp³-hybridized carbons (Fsp3) is 0.444. The molecule has 0 aliphatic carbocycles. The van der Waals surface area contributed by atoms with Crippen molar-refractivity contribution in [2.75, 3.05) is 18.4 Å². The molecule has 3 aromatic heterocycles. The molecule has 31 heavy (non-hydrogen) atoms. The van der Waals surface area contributed by atoms with E-state index < -0.39 is 35.5 Å². The van der Waals surface area contributed by atoms with Crippen LogP contribution in [-0.2, 0) is 5.60 Å². The Hall–Kier alpha value is -2.93. The molecule has 0 bridgehead atoms. The second kappa shape index (κ2) is 7.64. The molecule has 1 aliphatic heterocycles. The van der Waals surface area contributed by atoms with Crippen molar-refractivity contribution >= 4 is 11.6 Å². The third kappa shape index (κ3) is 3.90. The van der Waals surface area contributed by atoms with Crippen molar-refractivity contribution in [2.24, 2.45) is 0 Å². The summed E-state index contributed by atoms with van der Waals surface area (Å²) in [5.41, 5.74) is -4.06. The third-order valence-electron chi connectivity index (χ3n) is 5.15. The van der Waals surface area contributed by atoms with Crippen LogP contribution < -0.4 is 10.6 Å². The van der Waals surface area contributed by atoms with E-state index in [1.807, 2.05) is 0 Å². The molecular formula is C18H18F5N7O. The molecular weight excluding hydrogens is 425 g/mol. The van der Waals surface area contributed by atoms with E-state index in [1.54, 1.807) is 0 Å². The molecule has 0 amide bonds. The van der Waals surface area contributed by atoms with Gasteiger partial charge in [0.2, 0.25) is 11.5 Å². The number of anilines is 1. The van der Waals surface area contributed by atoms with Crippen molar-refractivity contribution in [2.45, 2.75) is 37.3 Å². The average molecular weight is 443 g/mol. The first kappa shape index (κ1) is 21.3. The Kier molecular flexibility index (Phi) is 5.25. The summed E-state index contributed by atoms with van der Waals surface area (Å²) in [4.78, 5) is 15.5. The van der Waals surface area contributed by atoms with Gasteiger partial charge in [-0.05, 0) is 19.9 Å². The lowest BCUT2D eigenvalue weighted by Gasteiger charge is -2.27. The fourth-order valence-corrected chi connectivity index (χ4v) is 3.21. The summed E-state index contributed by atoms with van der Waals surface area (Å²) in [6, 6.07) is -0.619. The van der Waals surface area contributed by atoms with Crippen LogP contribution in [0, 0.1) is 5.82 Å². The molecule has 0 radical (unpaired) electrons. The van der Waals surface area contributed by atoms with Crippen molar-refractivity contribution in [3.63, 3.8) is 0 Å². The molecule has 1 saturated heterocycles. The number of aromatic nitrogens is 5. The Morgan fingerprint density at radius 1 is 1.19 bits per heavy atom. The van der Waals surface area contributed by atoms with Crippen LogP contribution in [0.5, 0.6) is 0 Å². The minimum atomic E-state index is -4.98. The van der Waals surface area contributed by atoms with Gasteiger partial charge < -0.3 is 15.7 Å². The highest BCUT2D eigenvalue weighted by molar-refractivity contribution is 5.61. The average Bonchev–Trinajstić information content (AvgIpc) is 3.13. The van der Waals surface area contributed by atoms with Crippen molar-refractivity contribution in [3.8, 4) is 11.4 Å². The standard InChI is InChI=1S/C18H18F5N7O/c1-17(31,18(21,22)23)13-8-30-12(6-26-14(30)7-25-13)15-10(20)4-27-16(29-15)28-11-5-24-3-2-9(11)19/h4,6-9,11,24,31H,2-3,5H2,1H3,(H,27,28,29). The minimum absolute atomic E-state index is 0.0122. The van der Waals surface area contributed by atoms with Gasteiger partial charge >= 0.3 is 6.18 Å². The molecule has 1 aliphatic rings. The number of nitrogens with zero attached hydrogens (tertiary/aromatic N) is 5. The number of piperidine rings is 1. The topological polar surface area (TPSA) is 100 Å². The van der Waals surface area contributed by atoms with Gasteiger partial charge in [0.15, 0.2) is 11.5 Å². The van der Waals surface area contributed by atoms with Gasteiger partial charge in [-0.3, -0.25) is 9.38 Å². The van der Waals surface area contributed by atoms with E-state index in [0.29, 0.717) is 26.4 Å². The van der Waals surface area contributed by atoms with Crippen LogP contribution in [0.25, 0.3) is 17.0 Å². The van der Waals surface area contributed by atoms with Gasteiger partial charge in [0.05, 0.1) is 36.0 Å². The van der Waals surface area contributed by atoms with Gasteiger partial charge in [-0.1, -0.05) is 0 Å². The van der Waals surface area contributed by atoms with E-state index in [-0.39, 0.29) is 23.0 Å². The van der Waals surface area contributed by atoms with E-state index in [1.165, 1.54) is 6.20 Å². The summed E-state index contributed by atoms with van der Waals surface area (Å²) in [6.45, 7) is 1.43. The molecule has 4 rings (SSSR count). The molecule has 3 aromatic rings. The predicted octanol–water partition coefficient (Wildman–Crippen LogP) is 2.21. The summed E-state index contributed by atoms with van der Waals surface area (Å²) in [5, 5.41) is 15.7. The van der Waals surface area contributed by atoms with Crippen molar-refractivity contribution < 1.29 is 27.1 Å². The first-order valence-corrected chi connectivity index (χ1v) is 9.35. The molecule has 3 N–H and O–H groups in total. The number of aliphatic hydroxyl groups is 1. The molecule has 13 heteroatoms. The first-order chi connectivity index (χ1) is 14.6. The number of fused-ring (bicyclic) bond motifs is 1. The number of nitrogens with one attached hydrogen (secondary N) is 2. The van der Waals surface area contributed by atoms with Crippen LogP contribution in [0.15, 0.2) is 24.8 Å². The molecule has 0 spiro atoms. The highest BCUT2D eigenvalue weighted by Gasteiger charge is 2.52. The van der Waals surface area contributed by atoms with Gasteiger partial charge in [0.25, 0.3) is 0 Å². The van der Waals surface area contributed by atoms with Crippen LogP contribution in [0.3, 0.4) is 0 Å². The number of imidazole rings is 1. The first-order valence-electron chi connectivity index (χ1n) is 9.35. The third-order valence-corrected chi connectivity index (χ3v) is 5.15. The van der Waals surface area contributed by atoms with E-state index in [4.69, 9.17) is 0 Å². The quantitative estimate of drug-likeness (QED) is 0.532. The highest BCUT2D eigenvalue weighted by atomic mass is 19.4. The van der Waals surface area contributed by atoms with Crippen LogP contribution in [-0.4, -0.2) is 60.9 Å². The molecule has 0 saturated carbocycles. The summed E-state index contributed by atoms with van der Waals surface area (Å²) >= 11 is 0. The second-order valence-electron chi connectivity index (χ2n) is 7.36. The monoisotopic (exact) mass is 443 g/mol. The van der Waals surface area contributed by atoms with Crippen LogP contribution in [0.4, 0.5) is 27.9 Å². The molecule has 3 atom stereocenters. The van der Waals surface area contributed by atoms with Crippen LogP contribution in [0.2, 0.25) is 0 Å². The minimum Gasteiger partial charge on any atom is -0.375 e. The van der Waals surface area contributed by atoms with E-state index in [9.17, 15) is 27.1 Å². The van der Waals surface area contributed by atoms with Gasteiger partial charge in [-0.15, -0.1) is 0 Å². The number of alkyl halides is 4. The molecule has 3 unspecified atom stereocenters. The molecule has 1 fully saturated rings. The van der Waals surface area contributed by atoms with Crippen molar-refractivity contribution in [3.05, 3.63) is 36.3 Å². The zero-order valence-electron chi connectivity index (χ0n) is 16.2. The lowest BCUT2D eigenvalue weighted by atomic mass is 10.0. The van der Waals surface area contributed by atoms with E-state index in [2.05, 4.69) is 30.6 Å². The Bertz CT molecular complexity index is 1100. The zero-order valence-corrected chi connectivity index (χ0v) is 16.2. The second-order valence-corrected chi connectivity index (χ2v) is 7.36. The zero-order chi connectivity index (χ0) is 22.4.